The van der Waals surface area contributed by atoms with Crippen LogP contribution in [0.1, 0.15) is 61.7 Å². The zero-order chi connectivity index (χ0) is 23.6. The lowest BCUT2D eigenvalue weighted by molar-refractivity contribution is -0.142. The molecular weight excluding hydrogens is 434 g/mol. The van der Waals surface area contributed by atoms with Crippen LogP contribution in [-0.4, -0.2) is 34.1 Å². The standard InChI is InChI=1S/C26H35N3O3S/c1-16(24(31)28-15-19-5-4-14-33-19)20-6-10-26(3)11-7-21(17(2)22(26)23(20)30)29-25(32)18-8-12-27-13-9-18/h4-5,8-9,12-14,16-17,20-23,30H,6-7,10-11,15H2,1-3H3,(H,28,31)(H,29,32)/t16-,17+,20+,21-,22+,23-,26-/m0/s1. The lowest BCUT2D eigenvalue weighted by Crippen LogP contribution is -2.58. The molecule has 2 saturated carbocycles. The van der Waals surface area contributed by atoms with Gasteiger partial charge < -0.3 is 15.7 Å². The molecule has 0 saturated heterocycles. The largest absolute Gasteiger partial charge is 0.392 e. The molecule has 0 bridgehead atoms. The van der Waals surface area contributed by atoms with Gasteiger partial charge in [-0.3, -0.25) is 14.6 Å². The Kier molecular flexibility index (Phi) is 7.19. The number of nitrogens with zero attached hydrogens (tertiary/aromatic N) is 1. The summed E-state index contributed by atoms with van der Waals surface area (Å²) in [5.74, 6) is -0.274. The number of hydrogen-bond donors (Lipinski definition) is 3. The third kappa shape index (κ3) is 4.99. The number of aliphatic hydroxyl groups is 1. The number of thiophene rings is 1. The van der Waals surface area contributed by atoms with Gasteiger partial charge >= 0.3 is 0 Å². The molecule has 3 N–H and O–H groups in total. The number of carbonyl (C=O) groups excluding carboxylic acids is 2. The van der Waals surface area contributed by atoms with Crippen LogP contribution in [0.15, 0.2) is 42.0 Å². The Hall–Kier alpha value is -2.25. The molecule has 0 spiro atoms. The van der Waals surface area contributed by atoms with Crippen molar-refractivity contribution in [1.82, 2.24) is 15.6 Å². The zero-order valence-corrected chi connectivity index (χ0v) is 20.5. The maximum absolute atomic E-state index is 12.9. The van der Waals surface area contributed by atoms with Crippen LogP contribution in [0.5, 0.6) is 0 Å². The highest BCUT2D eigenvalue weighted by Gasteiger charge is 2.53. The predicted octanol–water partition coefficient (Wildman–Crippen LogP) is 4.02. The highest BCUT2D eigenvalue weighted by Crippen LogP contribution is 2.55. The number of carbonyl (C=O) groups is 2. The minimum Gasteiger partial charge on any atom is -0.392 e. The van der Waals surface area contributed by atoms with Crippen LogP contribution in [0.3, 0.4) is 0 Å². The third-order valence-electron chi connectivity index (χ3n) is 8.22. The first-order valence-electron chi connectivity index (χ1n) is 12.0. The monoisotopic (exact) mass is 469 g/mol. The van der Waals surface area contributed by atoms with E-state index < -0.39 is 6.10 Å². The summed E-state index contributed by atoms with van der Waals surface area (Å²) in [6.07, 6.45) is 6.39. The van der Waals surface area contributed by atoms with E-state index in [-0.39, 0.29) is 46.9 Å². The SMILES string of the molecule is C[C@H]1[C@@H]2[C@@H](O)[C@@H]([C@H](C)C(=O)NCc3cccs3)CC[C@@]2(C)CC[C@@H]1NC(=O)c1ccncc1. The summed E-state index contributed by atoms with van der Waals surface area (Å²) < 4.78 is 0. The van der Waals surface area contributed by atoms with Crippen molar-refractivity contribution in [3.63, 3.8) is 0 Å². The maximum atomic E-state index is 12.9. The van der Waals surface area contributed by atoms with E-state index in [1.54, 1.807) is 35.9 Å². The van der Waals surface area contributed by atoms with Gasteiger partial charge in [-0.25, -0.2) is 0 Å². The first-order chi connectivity index (χ1) is 15.8. The lowest BCUT2D eigenvalue weighted by atomic mass is 9.51. The van der Waals surface area contributed by atoms with Crippen molar-refractivity contribution in [3.8, 4) is 0 Å². The van der Waals surface area contributed by atoms with Crippen LogP contribution in [0.2, 0.25) is 0 Å². The van der Waals surface area contributed by atoms with Crippen LogP contribution >= 0.6 is 11.3 Å². The Morgan fingerprint density at radius 2 is 1.97 bits per heavy atom. The summed E-state index contributed by atoms with van der Waals surface area (Å²) in [6, 6.07) is 7.43. The molecule has 2 aliphatic carbocycles. The minimum absolute atomic E-state index is 0.0000940. The third-order valence-corrected chi connectivity index (χ3v) is 9.10. The molecule has 2 aliphatic rings. The molecule has 2 heterocycles. The van der Waals surface area contributed by atoms with E-state index in [2.05, 4.69) is 29.5 Å². The Morgan fingerprint density at radius 3 is 2.67 bits per heavy atom. The van der Waals surface area contributed by atoms with Gasteiger partial charge in [0.15, 0.2) is 0 Å². The van der Waals surface area contributed by atoms with Gasteiger partial charge in [-0.2, -0.15) is 0 Å². The van der Waals surface area contributed by atoms with Gasteiger partial charge in [0, 0.05) is 34.8 Å². The van der Waals surface area contributed by atoms with Crippen molar-refractivity contribution in [2.45, 2.75) is 65.1 Å². The molecule has 0 unspecified atom stereocenters. The number of aliphatic hydroxyl groups excluding tert-OH is 1. The smallest absolute Gasteiger partial charge is 0.251 e. The molecule has 2 fully saturated rings. The molecule has 33 heavy (non-hydrogen) atoms. The van der Waals surface area contributed by atoms with Crippen LogP contribution in [-0.2, 0) is 11.3 Å². The van der Waals surface area contributed by atoms with E-state index in [4.69, 9.17) is 0 Å². The number of pyridine rings is 1. The van der Waals surface area contributed by atoms with Crippen molar-refractivity contribution in [3.05, 3.63) is 52.5 Å². The predicted molar refractivity (Wildman–Crippen MR) is 130 cm³/mol. The van der Waals surface area contributed by atoms with E-state index in [0.29, 0.717) is 12.1 Å². The minimum atomic E-state index is -0.568. The quantitative estimate of drug-likeness (QED) is 0.596. The van der Waals surface area contributed by atoms with Crippen molar-refractivity contribution >= 4 is 23.2 Å². The van der Waals surface area contributed by atoms with Gasteiger partial charge in [0.1, 0.15) is 0 Å². The van der Waals surface area contributed by atoms with Crippen LogP contribution in [0, 0.1) is 29.1 Å². The molecule has 7 heteroatoms. The summed E-state index contributed by atoms with van der Waals surface area (Å²) in [5, 5.41) is 19.8. The summed E-state index contributed by atoms with van der Waals surface area (Å²) in [7, 11) is 0. The number of amides is 2. The second kappa shape index (κ2) is 9.94. The Morgan fingerprint density at radius 1 is 1.24 bits per heavy atom. The fourth-order valence-electron chi connectivity index (χ4n) is 6.20. The molecule has 2 aromatic rings. The number of aromatic nitrogens is 1. The van der Waals surface area contributed by atoms with Gasteiger partial charge in [-0.15, -0.1) is 11.3 Å². The zero-order valence-electron chi connectivity index (χ0n) is 19.7. The molecule has 6 nitrogen and oxygen atoms in total. The first-order valence-corrected chi connectivity index (χ1v) is 12.9. The molecular formula is C26H35N3O3S. The Balaban J connectivity index is 1.43. The highest BCUT2D eigenvalue weighted by molar-refractivity contribution is 7.09. The second-order valence-electron chi connectivity index (χ2n) is 10.2. The average Bonchev–Trinajstić information content (AvgIpc) is 3.33. The molecule has 0 aromatic carbocycles. The fraction of sp³-hybridized carbons (Fsp3) is 0.577. The highest BCUT2D eigenvalue weighted by atomic mass is 32.1. The van der Waals surface area contributed by atoms with E-state index in [1.165, 1.54) is 0 Å². The van der Waals surface area contributed by atoms with Crippen LogP contribution in [0.25, 0.3) is 0 Å². The van der Waals surface area contributed by atoms with Crippen molar-refractivity contribution in [2.24, 2.45) is 29.1 Å². The van der Waals surface area contributed by atoms with E-state index in [9.17, 15) is 14.7 Å². The normalized spacial score (nSPS) is 32.4. The number of nitrogens with one attached hydrogen (secondary N) is 2. The molecule has 0 aliphatic heterocycles. The van der Waals surface area contributed by atoms with Gasteiger partial charge in [-0.05, 0) is 72.4 Å². The molecule has 178 valence electrons. The van der Waals surface area contributed by atoms with Gasteiger partial charge in [0.25, 0.3) is 5.91 Å². The van der Waals surface area contributed by atoms with Crippen molar-refractivity contribution in [2.75, 3.05) is 0 Å². The van der Waals surface area contributed by atoms with Crippen molar-refractivity contribution in [1.29, 1.82) is 0 Å². The number of hydrogen-bond acceptors (Lipinski definition) is 5. The van der Waals surface area contributed by atoms with Crippen LogP contribution < -0.4 is 10.6 Å². The lowest BCUT2D eigenvalue weighted by Gasteiger charge is -2.56. The topological polar surface area (TPSA) is 91.3 Å². The molecule has 4 rings (SSSR count). The van der Waals surface area contributed by atoms with Gasteiger partial charge in [0.2, 0.25) is 5.91 Å². The van der Waals surface area contributed by atoms with Gasteiger partial charge in [0.05, 0.1) is 12.6 Å². The Bertz CT molecular complexity index is 951. The Labute approximate surface area is 200 Å². The van der Waals surface area contributed by atoms with Gasteiger partial charge in [-0.1, -0.05) is 26.8 Å². The average molecular weight is 470 g/mol. The number of rotatable bonds is 6. The summed E-state index contributed by atoms with van der Waals surface area (Å²) in [4.78, 5) is 30.8. The van der Waals surface area contributed by atoms with E-state index >= 15 is 0 Å². The molecule has 2 amide bonds. The van der Waals surface area contributed by atoms with E-state index in [1.807, 2.05) is 24.4 Å². The molecule has 7 atom stereocenters. The summed E-state index contributed by atoms with van der Waals surface area (Å²) in [5.41, 5.74) is 0.629. The second-order valence-corrected chi connectivity index (χ2v) is 11.2. The number of fused-ring (bicyclic) bond motifs is 1. The summed E-state index contributed by atoms with van der Waals surface area (Å²) in [6.45, 7) is 6.89. The summed E-state index contributed by atoms with van der Waals surface area (Å²) >= 11 is 1.63. The van der Waals surface area contributed by atoms with Crippen molar-refractivity contribution < 1.29 is 14.7 Å². The first kappa shape index (κ1) is 23.9. The molecule has 2 aromatic heterocycles. The molecule has 0 radical (unpaired) electrons. The fourth-order valence-corrected chi connectivity index (χ4v) is 6.84. The maximum Gasteiger partial charge on any atom is 0.251 e. The van der Waals surface area contributed by atoms with E-state index in [0.717, 1.165) is 30.6 Å². The van der Waals surface area contributed by atoms with Crippen LogP contribution in [0.4, 0.5) is 0 Å².